The number of nitrogens with one attached hydrogen (secondary N) is 1. The first kappa shape index (κ1) is 16.3. The summed E-state index contributed by atoms with van der Waals surface area (Å²) in [6.45, 7) is 2.56. The molecule has 1 aromatic rings. The number of hydrogen-bond acceptors (Lipinski definition) is 2. The molecule has 2 aliphatic rings. The average Bonchev–Trinajstić information content (AvgIpc) is 3.00. The highest BCUT2D eigenvalue weighted by Gasteiger charge is 2.37. The second kappa shape index (κ2) is 6.51. The van der Waals surface area contributed by atoms with Gasteiger partial charge in [0.25, 0.3) is 5.91 Å². The number of carbonyl (C=O) groups is 1. The number of halogens is 3. The Bertz CT molecular complexity index is 556. The molecular weight excluding hydrogens is 305 g/mol. The first-order valence-corrected chi connectivity index (χ1v) is 8.11. The fraction of sp³-hybridized carbons (Fsp3) is 0.588. The second-order valence-corrected chi connectivity index (χ2v) is 6.44. The third-order valence-corrected chi connectivity index (χ3v) is 4.84. The minimum atomic E-state index is -4.15. The van der Waals surface area contributed by atoms with Crippen LogP contribution in [0.5, 0.6) is 0 Å². The first-order valence-electron chi connectivity index (χ1n) is 8.11. The van der Waals surface area contributed by atoms with Crippen LogP contribution < -0.4 is 5.32 Å². The van der Waals surface area contributed by atoms with Gasteiger partial charge in [-0.1, -0.05) is 12.1 Å². The van der Waals surface area contributed by atoms with Gasteiger partial charge in [-0.2, -0.15) is 13.2 Å². The summed E-state index contributed by atoms with van der Waals surface area (Å²) in [5.41, 5.74) is 1.17. The van der Waals surface area contributed by atoms with Crippen LogP contribution in [0.15, 0.2) is 24.3 Å². The van der Waals surface area contributed by atoms with Crippen LogP contribution in [-0.4, -0.2) is 42.7 Å². The number of rotatable bonds is 3. The quantitative estimate of drug-likeness (QED) is 0.926. The maximum Gasteiger partial charge on any atom is 0.389 e. The minimum Gasteiger partial charge on any atom is -0.334 e. The van der Waals surface area contributed by atoms with Gasteiger partial charge in [-0.05, 0) is 42.9 Å². The number of benzene rings is 1. The molecule has 0 spiro atoms. The van der Waals surface area contributed by atoms with Crippen molar-refractivity contribution in [3.8, 4) is 0 Å². The smallest absolute Gasteiger partial charge is 0.334 e. The van der Waals surface area contributed by atoms with Crippen LogP contribution >= 0.6 is 0 Å². The van der Waals surface area contributed by atoms with E-state index in [1.165, 1.54) is 0 Å². The molecule has 3 nitrogen and oxygen atoms in total. The summed E-state index contributed by atoms with van der Waals surface area (Å²) >= 11 is 0. The fourth-order valence-corrected chi connectivity index (χ4v) is 3.59. The fourth-order valence-electron chi connectivity index (χ4n) is 3.59. The van der Waals surface area contributed by atoms with Gasteiger partial charge in [0.05, 0.1) is 0 Å². The number of piperidine rings is 1. The van der Waals surface area contributed by atoms with Crippen LogP contribution in [0.1, 0.15) is 35.2 Å². The standard InChI is InChI=1S/C17H21F3N2O/c18-17(19,20)8-7-12-3-5-13(6-4-12)16(23)22-9-1-2-14-10-21-11-15(14)22/h3-6,14-15,21H,1-2,7-11H2/t14-,15+/m0/s1. The van der Waals surface area contributed by atoms with E-state index in [-0.39, 0.29) is 18.4 Å². The number of hydrogen-bond donors (Lipinski definition) is 1. The van der Waals surface area contributed by atoms with Crippen molar-refractivity contribution in [2.75, 3.05) is 19.6 Å². The molecule has 1 aromatic carbocycles. The van der Waals surface area contributed by atoms with Crippen LogP contribution in [0, 0.1) is 5.92 Å². The summed E-state index contributed by atoms with van der Waals surface area (Å²) < 4.78 is 36.7. The molecule has 0 aliphatic carbocycles. The lowest BCUT2D eigenvalue weighted by Gasteiger charge is -2.37. The van der Waals surface area contributed by atoms with Crippen molar-refractivity contribution < 1.29 is 18.0 Å². The maximum atomic E-state index is 12.7. The van der Waals surface area contributed by atoms with Gasteiger partial charge in [-0.25, -0.2) is 0 Å². The number of nitrogens with zero attached hydrogens (tertiary/aromatic N) is 1. The molecule has 0 saturated carbocycles. The molecule has 2 heterocycles. The number of carbonyl (C=O) groups excluding carboxylic acids is 1. The molecule has 6 heteroatoms. The van der Waals surface area contributed by atoms with Crippen molar-refractivity contribution in [3.05, 3.63) is 35.4 Å². The SMILES string of the molecule is O=C(c1ccc(CCC(F)(F)F)cc1)N1CCC[C@H]2CNC[C@H]21. The summed E-state index contributed by atoms with van der Waals surface area (Å²) in [4.78, 5) is 14.6. The van der Waals surface area contributed by atoms with E-state index in [1.807, 2.05) is 4.90 Å². The molecule has 2 saturated heterocycles. The van der Waals surface area contributed by atoms with Gasteiger partial charge in [-0.15, -0.1) is 0 Å². The molecule has 1 N–H and O–H groups in total. The van der Waals surface area contributed by atoms with E-state index in [4.69, 9.17) is 0 Å². The van der Waals surface area contributed by atoms with Gasteiger partial charge in [0.2, 0.25) is 0 Å². The molecule has 0 unspecified atom stereocenters. The van der Waals surface area contributed by atoms with Crippen molar-refractivity contribution in [3.63, 3.8) is 0 Å². The van der Waals surface area contributed by atoms with Crippen LogP contribution in [0.4, 0.5) is 13.2 Å². The van der Waals surface area contributed by atoms with Gasteiger partial charge in [0, 0.05) is 37.7 Å². The van der Waals surface area contributed by atoms with Crippen LogP contribution in [0.25, 0.3) is 0 Å². The van der Waals surface area contributed by atoms with Crippen LogP contribution in [0.3, 0.4) is 0 Å². The molecule has 2 aliphatic heterocycles. The average molecular weight is 326 g/mol. The third kappa shape index (κ3) is 3.86. The van der Waals surface area contributed by atoms with Crippen LogP contribution in [0.2, 0.25) is 0 Å². The Balaban J connectivity index is 1.65. The number of fused-ring (bicyclic) bond motifs is 1. The largest absolute Gasteiger partial charge is 0.389 e. The molecule has 126 valence electrons. The summed E-state index contributed by atoms with van der Waals surface area (Å²) in [5.74, 6) is 0.518. The number of likely N-dealkylation sites (tertiary alicyclic amines) is 1. The van der Waals surface area contributed by atoms with E-state index in [0.29, 0.717) is 17.0 Å². The highest BCUT2D eigenvalue weighted by atomic mass is 19.4. The van der Waals surface area contributed by atoms with E-state index in [0.717, 1.165) is 32.5 Å². The van der Waals surface area contributed by atoms with E-state index < -0.39 is 12.6 Å². The molecule has 2 atom stereocenters. The molecule has 2 fully saturated rings. The predicted octanol–water partition coefficient (Wildman–Crippen LogP) is 3.01. The van der Waals surface area contributed by atoms with Crippen molar-refractivity contribution in [1.82, 2.24) is 10.2 Å². The normalized spacial score (nSPS) is 24.6. The second-order valence-electron chi connectivity index (χ2n) is 6.44. The first-order chi connectivity index (χ1) is 10.9. The Labute approximate surface area is 133 Å². The zero-order chi connectivity index (χ0) is 16.4. The molecule has 3 rings (SSSR count). The van der Waals surface area contributed by atoms with Gasteiger partial charge in [0.15, 0.2) is 0 Å². The topological polar surface area (TPSA) is 32.3 Å². The lowest BCUT2D eigenvalue weighted by molar-refractivity contribution is -0.134. The summed E-state index contributed by atoms with van der Waals surface area (Å²) in [6, 6.07) is 6.82. The van der Waals surface area contributed by atoms with Crippen LogP contribution in [-0.2, 0) is 6.42 Å². The van der Waals surface area contributed by atoms with E-state index in [2.05, 4.69) is 5.32 Å². The highest BCUT2D eigenvalue weighted by Crippen LogP contribution is 2.28. The Morgan fingerprint density at radius 1 is 1.22 bits per heavy atom. The zero-order valence-electron chi connectivity index (χ0n) is 12.9. The van der Waals surface area contributed by atoms with Gasteiger partial charge < -0.3 is 10.2 Å². The van der Waals surface area contributed by atoms with Crippen molar-refractivity contribution in [2.24, 2.45) is 5.92 Å². The predicted molar refractivity (Wildman–Crippen MR) is 81.2 cm³/mol. The minimum absolute atomic E-state index is 0.00855. The van der Waals surface area contributed by atoms with E-state index in [9.17, 15) is 18.0 Å². The molecule has 0 aromatic heterocycles. The number of aryl methyl sites for hydroxylation is 1. The number of alkyl halides is 3. The Hall–Kier alpha value is -1.56. The monoisotopic (exact) mass is 326 g/mol. The lowest BCUT2D eigenvalue weighted by atomic mass is 9.91. The number of amides is 1. The third-order valence-electron chi connectivity index (χ3n) is 4.84. The molecule has 0 radical (unpaired) electrons. The summed E-state index contributed by atoms with van der Waals surface area (Å²) in [6.07, 6.45) is -2.86. The highest BCUT2D eigenvalue weighted by molar-refractivity contribution is 5.94. The molecule has 23 heavy (non-hydrogen) atoms. The van der Waals surface area contributed by atoms with E-state index >= 15 is 0 Å². The van der Waals surface area contributed by atoms with E-state index in [1.54, 1.807) is 24.3 Å². The molecule has 0 bridgehead atoms. The zero-order valence-corrected chi connectivity index (χ0v) is 12.9. The molecule has 1 amide bonds. The summed E-state index contributed by atoms with van der Waals surface area (Å²) in [5, 5.41) is 3.34. The Morgan fingerprint density at radius 3 is 2.65 bits per heavy atom. The Morgan fingerprint density at radius 2 is 1.96 bits per heavy atom. The summed E-state index contributed by atoms with van der Waals surface area (Å²) in [7, 11) is 0. The van der Waals surface area contributed by atoms with Crippen molar-refractivity contribution in [1.29, 1.82) is 0 Å². The molecular formula is C17H21F3N2O. The lowest BCUT2D eigenvalue weighted by Crippen LogP contribution is -2.48. The van der Waals surface area contributed by atoms with Gasteiger partial charge in [0.1, 0.15) is 0 Å². The van der Waals surface area contributed by atoms with Gasteiger partial charge in [-0.3, -0.25) is 4.79 Å². The van der Waals surface area contributed by atoms with Crippen molar-refractivity contribution >= 4 is 5.91 Å². The van der Waals surface area contributed by atoms with Crippen molar-refractivity contribution in [2.45, 2.75) is 37.9 Å². The maximum absolute atomic E-state index is 12.7. The Kier molecular flexibility index (Phi) is 4.62. The van der Waals surface area contributed by atoms with Gasteiger partial charge >= 0.3 is 6.18 Å².